The molecular weight excluding hydrogens is 526 g/mol. The Balaban J connectivity index is 1.47. The van der Waals surface area contributed by atoms with Gasteiger partial charge in [-0.3, -0.25) is 14.4 Å². The van der Waals surface area contributed by atoms with Crippen molar-refractivity contribution < 1.29 is 37.6 Å². The summed E-state index contributed by atoms with van der Waals surface area (Å²) < 4.78 is 50.9. The highest BCUT2D eigenvalue weighted by Crippen LogP contribution is 2.29. The molecular formula is C28H34F2N4O6. The van der Waals surface area contributed by atoms with Gasteiger partial charge in [-0.05, 0) is 35.9 Å². The Hall–Kier alpha value is -3.74. The van der Waals surface area contributed by atoms with Crippen molar-refractivity contribution in [1.29, 1.82) is 0 Å². The van der Waals surface area contributed by atoms with E-state index in [1.54, 1.807) is 18.0 Å². The number of β-amino-alcohol motifs (C(OH)–C–C–N with tert-alkyl or cyclic N) is 1. The summed E-state index contributed by atoms with van der Waals surface area (Å²) in [5.74, 6) is -1.07. The standard InChI is InChI=1S/C28H34F2N4O6/c1-37-17-27(35)33-11-10-32(18-28(36,19-33)20-40-22-5-6-23(29)24(30)15-22)16-21-4-7-25(38-2)26(14-21)39-13-12-34-9-3-8-31-34/h3-9,14-15,36H,10-13,16-20H2,1-2H3. The van der Waals surface area contributed by atoms with Gasteiger partial charge in [-0.2, -0.15) is 5.10 Å². The van der Waals surface area contributed by atoms with Gasteiger partial charge in [0.25, 0.3) is 0 Å². The number of carbonyl (C=O) groups is 1. The molecule has 1 aliphatic heterocycles. The molecule has 1 unspecified atom stereocenters. The van der Waals surface area contributed by atoms with Crippen LogP contribution in [0.25, 0.3) is 0 Å². The zero-order valence-corrected chi connectivity index (χ0v) is 22.6. The topological polar surface area (TPSA) is 98.5 Å². The number of amides is 1. The van der Waals surface area contributed by atoms with E-state index in [1.165, 1.54) is 18.1 Å². The minimum Gasteiger partial charge on any atom is -0.493 e. The monoisotopic (exact) mass is 560 g/mol. The Labute approximate surface area is 231 Å². The number of aliphatic hydroxyl groups is 1. The van der Waals surface area contributed by atoms with Crippen LogP contribution in [-0.2, 0) is 22.6 Å². The van der Waals surface area contributed by atoms with Gasteiger partial charge < -0.3 is 29.0 Å². The molecule has 40 heavy (non-hydrogen) atoms. The van der Waals surface area contributed by atoms with Crippen molar-refractivity contribution in [2.24, 2.45) is 0 Å². The average molecular weight is 561 g/mol. The Morgan fingerprint density at radius 3 is 2.62 bits per heavy atom. The van der Waals surface area contributed by atoms with Crippen molar-refractivity contribution in [3.8, 4) is 17.2 Å². The molecule has 0 saturated carbocycles. The minimum atomic E-state index is -1.50. The number of aromatic nitrogens is 2. The molecule has 216 valence electrons. The van der Waals surface area contributed by atoms with Crippen LogP contribution in [-0.4, -0.2) is 96.4 Å². The molecule has 3 aromatic rings. The summed E-state index contributed by atoms with van der Waals surface area (Å²) in [6.07, 6.45) is 3.56. The number of carbonyl (C=O) groups excluding carboxylic acids is 1. The van der Waals surface area contributed by atoms with E-state index in [2.05, 4.69) is 5.10 Å². The number of hydrogen-bond acceptors (Lipinski definition) is 8. The molecule has 1 N–H and O–H groups in total. The molecule has 1 aliphatic rings. The summed E-state index contributed by atoms with van der Waals surface area (Å²) in [5.41, 5.74) is -0.587. The molecule has 1 atom stereocenters. The molecule has 1 amide bonds. The van der Waals surface area contributed by atoms with Crippen LogP contribution in [0.5, 0.6) is 17.2 Å². The van der Waals surface area contributed by atoms with Crippen LogP contribution in [0.3, 0.4) is 0 Å². The molecule has 0 radical (unpaired) electrons. The molecule has 2 heterocycles. The van der Waals surface area contributed by atoms with Crippen molar-refractivity contribution in [2.45, 2.75) is 18.7 Å². The predicted molar refractivity (Wildman–Crippen MR) is 141 cm³/mol. The number of methoxy groups -OCH3 is 2. The van der Waals surface area contributed by atoms with Crippen LogP contribution >= 0.6 is 0 Å². The second-order valence-electron chi connectivity index (χ2n) is 9.65. The van der Waals surface area contributed by atoms with Crippen LogP contribution in [0.4, 0.5) is 8.78 Å². The van der Waals surface area contributed by atoms with E-state index in [-0.39, 0.29) is 38.0 Å². The van der Waals surface area contributed by atoms with Crippen molar-refractivity contribution in [2.75, 3.05) is 60.2 Å². The van der Waals surface area contributed by atoms with Gasteiger partial charge in [0.1, 0.15) is 31.2 Å². The molecule has 10 nitrogen and oxygen atoms in total. The smallest absolute Gasteiger partial charge is 0.248 e. The Kier molecular flexibility index (Phi) is 9.91. The first-order valence-corrected chi connectivity index (χ1v) is 12.8. The van der Waals surface area contributed by atoms with Gasteiger partial charge in [0, 0.05) is 51.7 Å². The predicted octanol–water partition coefficient (Wildman–Crippen LogP) is 2.35. The van der Waals surface area contributed by atoms with Gasteiger partial charge in [-0.1, -0.05) is 6.07 Å². The van der Waals surface area contributed by atoms with E-state index in [0.29, 0.717) is 44.3 Å². The number of ether oxygens (including phenoxy) is 4. The van der Waals surface area contributed by atoms with Crippen molar-refractivity contribution in [1.82, 2.24) is 19.6 Å². The first-order chi connectivity index (χ1) is 19.3. The summed E-state index contributed by atoms with van der Waals surface area (Å²) in [6.45, 7) is 2.02. The SMILES string of the molecule is COCC(=O)N1CCN(Cc2ccc(OC)c(OCCn3cccn3)c2)CC(O)(COc2ccc(F)c(F)c2)C1. The first kappa shape index (κ1) is 29.2. The highest BCUT2D eigenvalue weighted by atomic mass is 19.2. The fraction of sp³-hybridized carbons (Fsp3) is 0.429. The minimum absolute atomic E-state index is 0.0141. The molecule has 1 saturated heterocycles. The summed E-state index contributed by atoms with van der Waals surface area (Å²) in [7, 11) is 3.00. The third-order valence-electron chi connectivity index (χ3n) is 6.48. The largest absolute Gasteiger partial charge is 0.493 e. The quantitative estimate of drug-likeness (QED) is 0.361. The second-order valence-corrected chi connectivity index (χ2v) is 9.65. The maximum absolute atomic E-state index is 13.7. The number of hydrogen-bond donors (Lipinski definition) is 1. The third kappa shape index (κ3) is 7.90. The molecule has 1 fully saturated rings. The van der Waals surface area contributed by atoms with E-state index in [0.717, 1.165) is 17.7 Å². The summed E-state index contributed by atoms with van der Waals surface area (Å²) >= 11 is 0. The maximum Gasteiger partial charge on any atom is 0.248 e. The highest BCUT2D eigenvalue weighted by molar-refractivity contribution is 5.77. The summed E-state index contributed by atoms with van der Waals surface area (Å²) in [5, 5.41) is 15.8. The zero-order valence-electron chi connectivity index (χ0n) is 22.6. The van der Waals surface area contributed by atoms with Crippen LogP contribution in [0.2, 0.25) is 0 Å². The summed E-state index contributed by atoms with van der Waals surface area (Å²) in [6, 6.07) is 10.6. The lowest BCUT2D eigenvalue weighted by atomic mass is 10.0. The van der Waals surface area contributed by atoms with Gasteiger partial charge in [0.05, 0.1) is 20.2 Å². The van der Waals surface area contributed by atoms with Gasteiger partial charge in [0.2, 0.25) is 5.91 Å². The van der Waals surface area contributed by atoms with Gasteiger partial charge in [-0.25, -0.2) is 8.78 Å². The van der Waals surface area contributed by atoms with Crippen molar-refractivity contribution in [3.05, 3.63) is 72.1 Å². The number of rotatable bonds is 12. The average Bonchev–Trinajstić information content (AvgIpc) is 3.39. The zero-order chi connectivity index (χ0) is 28.5. The third-order valence-corrected chi connectivity index (χ3v) is 6.48. The Morgan fingerprint density at radius 1 is 1.05 bits per heavy atom. The lowest BCUT2D eigenvalue weighted by Gasteiger charge is -2.33. The van der Waals surface area contributed by atoms with E-state index < -0.39 is 17.2 Å². The van der Waals surface area contributed by atoms with Gasteiger partial charge in [-0.15, -0.1) is 0 Å². The molecule has 0 bridgehead atoms. The van der Waals surface area contributed by atoms with Crippen LogP contribution in [0.1, 0.15) is 5.56 Å². The molecule has 0 spiro atoms. The van der Waals surface area contributed by atoms with Crippen LogP contribution < -0.4 is 14.2 Å². The van der Waals surface area contributed by atoms with E-state index in [4.69, 9.17) is 18.9 Å². The molecule has 12 heteroatoms. The van der Waals surface area contributed by atoms with Crippen LogP contribution in [0, 0.1) is 11.6 Å². The normalized spacial score (nSPS) is 17.9. The highest BCUT2D eigenvalue weighted by Gasteiger charge is 2.37. The summed E-state index contributed by atoms with van der Waals surface area (Å²) in [4.78, 5) is 16.2. The fourth-order valence-corrected chi connectivity index (χ4v) is 4.55. The van der Waals surface area contributed by atoms with Crippen molar-refractivity contribution in [3.63, 3.8) is 0 Å². The van der Waals surface area contributed by atoms with Crippen molar-refractivity contribution >= 4 is 5.91 Å². The lowest BCUT2D eigenvalue weighted by molar-refractivity contribution is -0.138. The lowest BCUT2D eigenvalue weighted by Crippen LogP contribution is -2.52. The van der Waals surface area contributed by atoms with Crippen LogP contribution in [0.15, 0.2) is 54.9 Å². The number of halogens is 2. The van der Waals surface area contributed by atoms with Gasteiger partial charge >= 0.3 is 0 Å². The number of benzene rings is 2. The molecule has 4 rings (SSSR count). The fourth-order valence-electron chi connectivity index (χ4n) is 4.55. The second kappa shape index (κ2) is 13.6. The van der Waals surface area contributed by atoms with Gasteiger partial charge in [0.15, 0.2) is 23.1 Å². The molecule has 0 aliphatic carbocycles. The Morgan fingerprint density at radius 2 is 1.90 bits per heavy atom. The van der Waals surface area contributed by atoms with E-state index in [9.17, 15) is 18.7 Å². The van der Waals surface area contributed by atoms with E-state index in [1.807, 2.05) is 35.4 Å². The first-order valence-electron chi connectivity index (χ1n) is 12.8. The number of nitrogens with zero attached hydrogens (tertiary/aromatic N) is 4. The maximum atomic E-state index is 13.7. The molecule has 1 aromatic heterocycles. The Bertz CT molecular complexity index is 1260. The molecule has 2 aromatic carbocycles. The van der Waals surface area contributed by atoms with E-state index >= 15 is 0 Å².